The molecule has 1 aromatic carbocycles. The summed E-state index contributed by atoms with van der Waals surface area (Å²) in [4.78, 5) is 37.6. The Hall–Kier alpha value is -3.01. The van der Waals surface area contributed by atoms with E-state index in [1.165, 1.54) is 35.6 Å². The van der Waals surface area contributed by atoms with Gasteiger partial charge in [-0.1, -0.05) is 12.1 Å². The van der Waals surface area contributed by atoms with Crippen molar-refractivity contribution >= 4 is 39.8 Å². The molecule has 0 unspecified atom stereocenters. The maximum absolute atomic E-state index is 12.6. The second kappa shape index (κ2) is 9.21. The van der Waals surface area contributed by atoms with E-state index in [2.05, 4.69) is 15.4 Å². The molecule has 2 aromatic rings. The second-order valence-corrected chi connectivity index (χ2v) is 7.97. The first-order chi connectivity index (χ1) is 14.3. The van der Waals surface area contributed by atoms with Crippen molar-refractivity contribution in [3.8, 4) is 5.75 Å². The third-order valence-electron chi connectivity index (χ3n) is 4.49. The zero-order valence-corrected chi connectivity index (χ0v) is 17.1. The minimum absolute atomic E-state index is 0.0267. The van der Waals surface area contributed by atoms with Crippen LogP contribution < -0.4 is 15.4 Å². The third kappa shape index (κ3) is 5.32. The quantitative estimate of drug-likeness (QED) is 0.605. The summed E-state index contributed by atoms with van der Waals surface area (Å²) in [7, 11) is 0. The standard InChI is InChI=1S/C20H20F2N2O5S/c1-10-11(2)30-18(24-17(26)12-7-8-12)16(10)19(27)28-9-15(25)23-13-5-3-4-6-14(13)29-20(21)22/h3-6,12,20H,7-9H2,1-2H3,(H,23,25)(H,24,26). The van der Waals surface area contributed by atoms with Gasteiger partial charge < -0.3 is 20.1 Å². The van der Waals surface area contributed by atoms with Crippen molar-refractivity contribution < 1.29 is 32.6 Å². The van der Waals surface area contributed by atoms with Crippen LogP contribution in [0.25, 0.3) is 0 Å². The molecule has 0 spiro atoms. The first-order valence-corrected chi connectivity index (χ1v) is 9.99. The summed E-state index contributed by atoms with van der Waals surface area (Å²) in [5, 5.41) is 5.52. The van der Waals surface area contributed by atoms with E-state index in [0.29, 0.717) is 10.6 Å². The Morgan fingerprint density at radius 2 is 1.87 bits per heavy atom. The normalized spacial score (nSPS) is 13.1. The number of benzene rings is 1. The van der Waals surface area contributed by atoms with Crippen LogP contribution in [0.15, 0.2) is 24.3 Å². The molecule has 1 aliphatic rings. The molecule has 3 rings (SSSR count). The highest BCUT2D eigenvalue weighted by molar-refractivity contribution is 7.16. The zero-order valence-electron chi connectivity index (χ0n) is 16.3. The van der Waals surface area contributed by atoms with Crippen LogP contribution in [0.5, 0.6) is 5.75 Å². The van der Waals surface area contributed by atoms with Crippen molar-refractivity contribution in [1.29, 1.82) is 0 Å². The van der Waals surface area contributed by atoms with Crippen molar-refractivity contribution in [2.24, 2.45) is 5.92 Å². The van der Waals surface area contributed by atoms with Crippen molar-refractivity contribution in [1.82, 2.24) is 0 Å². The third-order valence-corrected chi connectivity index (χ3v) is 5.61. The number of nitrogens with one attached hydrogen (secondary N) is 2. The number of carbonyl (C=O) groups is 3. The molecule has 1 aromatic heterocycles. The van der Waals surface area contributed by atoms with Gasteiger partial charge in [-0.2, -0.15) is 8.78 Å². The molecule has 0 saturated heterocycles. The molecule has 7 nitrogen and oxygen atoms in total. The molecule has 1 fully saturated rings. The molecule has 1 saturated carbocycles. The number of esters is 1. The van der Waals surface area contributed by atoms with Gasteiger partial charge in [0.25, 0.3) is 5.91 Å². The summed E-state index contributed by atoms with van der Waals surface area (Å²) in [6.07, 6.45) is 1.65. The van der Waals surface area contributed by atoms with Gasteiger partial charge in [0.15, 0.2) is 6.61 Å². The van der Waals surface area contributed by atoms with Gasteiger partial charge in [-0.05, 0) is 44.4 Å². The molecule has 1 aliphatic carbocycles. The van der Waals surface area contributed by atoms with Gasteiger partial charge in [-0.15, -0.1) is 11.3 Å². The van der Waals surface area contributed by atoms with E-state index in [0.717, 1.165) is 17.7 Å². The number of carbonyl (C=O) groups excluding carboxylic acids is 3. The number of hydrogen-bond acceptors (Lipinski definition) is 6. The minimum atomic E-state index is -3.05. The van der Waals surface area contributed by atoms with Crippen LogP contribution in [0.3, 0.4) is 0 Å². The van der Waals surface area contributed by atoms with Gasteiger partial charge in [0.1, 0.15) is 10.8 Å². The van der Waals surface area contributed by atoms with Crippen LogP contribution in [-0.2, 0) is 14.3 Å². The largest absolute Gasteiger partial charge is 0.452 e. The second-order valence-electron chi connectivity index (χ2n) is 6.75. The smallest absolute Gasteiger partial charge is 0.387 e. The highest BCUT2D eigenvalue weighted by Crippen LogP contribution is 2.36. The number of ether oxygens (including phenoxy) is 2. The topological polar surface area (TPSA) is 93.7 Å². The zero-order chi connectivity index (χ0) is 21.8. The monoisotopic (exact) mass is 438 g/mol. The molecule has 160 valence electrons. The number of rotatable bonds is 8. The summed E-state index contributed by atoms with van der Waals surface area (Å²) >= 11 is 1.27. The first kappa shape index (κ1) is 21.7. The van der Waals surface area contributed by atoms with Crippen molar-refractivity contribution in [2.45, 2.75) is 33.3 Å². The molecule has 1 heterocycles. The van der Waals surface area contributed by atoms with E-state index in [-0.39, 0.29) is 28.8 Å². The lowest BCUT2D eigenvalue weighted by atomic mass is 10.1. The fourth-order valence-corrected chi connectivity index (χ4v) is 3.73. The Bertz CT molecular complexity index is 972. The van der Waals surface area contributed by atoms with Gasteiger partial charge in [0, 0.05) is 10.8 Å². The molecular weight excluding hydrogens is 418 g/mol. The molecule has 30 heavy (non-hydrogen) atoms. The fourth-order valence-electron chi connectivity index (χ4n) is 2.68. The maximum atomic E-state index is 12.6. The minimum Gasteiger partial charge on any atom is -0.452 e. The number of anilines is 2. The van der Waals surface area contributed by atoms with Crippen molar-refractivity contribution in [3.63, 3.8) is 0 Å². The Morgan fingerprint density at radius 3 is 2.53 bits per heavy atom. The SMILES string of the molecule is Cc1sc(NC(=O)C2CC2)c(C(=O)OCC(=O)Nc2ccccc2OC(F)F)c1C. The lowest BCUT2D eigenvalue weighted by Crippen LogP contribution is -2.22. The van der Waals surface area contributed by atoms with Gasteiger partial charge in [-0.25, -0.2) is 4.79 Å². The molecule has 0 aliphatic heterocycles. The first-order valence-electron chi connectivity index (χ1n) is 9.18. The summed E-state index contributed by atoms with van der Waals surface area (Å²) in [6.45, 7) is -0.134. The Kier molecular flexibility index (Phi) is 6.66. The van der Waals surface area contributed by atoms with Gasteiger partial charge in [0.05, 0.1) is 11.3 Å². The molecule has 2 N–H and O–H groups in total. The van der Waals surface area contributed by atoms with Gasteiger partial charge >= 0.3 is 12.6 Å². The van der Waals surface area contributed by atoms with E-state index in [1.54, 1.807) is 6.92 Å². The number of alkyl halides is 2. The van der Waals surface area contributed by atoms with Crippen LogP contribution in [0.4, 0.5) is 19.5 Å². The van der Waals surface area contributed by atoms with Crippen LogP contribution >= 0.6 is 11.3 Å². The van der Waals surface area contributed by atoms with Crippen LogP contribution in [0.1, 0.15) is 33.6 Å². The lowest BCUT2D eigenvalue weighted by molar-refractivity contribution is -0.119. The highest BCUT2D eigenvalue weighted by Gasteiger charge is 2.31. The van der Waals surface area contributed by atoms with Crippen LogP contribution in [-0.4, -0.2) is 31.0 Å². The summed E-state index contributed by atoms with van der Waals surface area (Å²) in [6, 6.07) is 5.67. The summed E-state index contributed by atoms with van der Waals surface area (Å²) in [5.41, 5.74) is 0.895. The number of para-hydroxylation sites is 2. The molecule has 0 radical (unpaired) electrons. The average molecular weight is 438 g/mol. The molecule has 10 heteroatoms. The number of aryl methyl sites for hydroxylation is 1. The lowest BCUT2D eigenvalue weighted by Gasteiger charge is -2.12. The Labute approximate surface area is 175 Å². The van der Waals surface area contributed by atoms with Gasteiger partial charge in [-0.3, -0.25) is 9.59 Å². The molecule has 0 atom stereocenters. The predicted molar refractivity (Wildman–Crippen MR) is 107 cm³/mol. The number of hydrogen-bond donors (Lipinski definition) is 2. The Morgan fingerprint density at radius 1 is 1.17 bits per heavy atom. The van der Waals surface area contributed by atoms with E-state index < -0.39 is 25.1 Å². The molecule has 0 bridgehead atoms. The fraction of sp³-hybridized carbons (Fsp3) is 0.350. The van der Waals surface area contributed by atoms with Crippen molar-refractivity contribution in [2.75, 3.05) is 17.2 Å². The summed E-state index contributed by atoms with van der Waals surface area (Å²) in [5.74, 6) is -1.85. The summed E-state index contributed by atoms with van der Waals surface area (Å²) < 4.78 is 34.4. The molecular formula is C20H20F2N2O5S. The Balaban J connectivity index is 1.63. The highest BCUT2D eigenvalue weighted by atomic mass is 32.1. The van der Waals surface area contributed by atoms with Crippen molar-refractivity contribution in [3.05, 3.63) is 40.3 Å². The van der Waals surface area contributed by atoms with Crippen LogP contribution in [0, 0.1) is 19.8 Å². The van der Waals surface area contributed by atoms with E-state index >= 15 is 0 Å². The average Bonchev–Trinajstić information content (AvgIpc) is 3.49. The van der Waals surface area contributed by atoms with Crippen LogP contribution in [0.2, 0.25) is 0 Å². The molecule has 2 amide bonds. The van der Waals surface area contributed by atoms with E-state index in [4.69, 9.17) is 4.74 Å². The maximum Gasteiger partial charge on any atom is 0.387 e. The predicted octanol–water partition coefficient (Wildman–Crippen LogP) is 4.11. The van der Waals surface area contributed by atoms with E-state index in [1.807, 2.05) is 6.92 Å². The van der Waals surface area contributed by atoms with Gasteiger partial charge in [0.2, 0.25) is 5.91 Å². The number of halogens is 2. The number of amides is 2. The number of thiophene rings is 1. The van der Waals surface area contributed by atoms with E-state index in [9.17, 15) is 23.2 Å².